The number of nitrogens with zero attached hydrogens (tertiary/aromatic N) is 2. The van der Waals surface area contributed by atoms with Crippen LogP contribution >= 0.6 is 11.5 Å². The van der Waals surface area contributed by atoms with Crippen LogP contribution in [0.4, 0.5) is 25.3 Å². The molecule has 0 spiro atoms. The average Bonchev–Trinajstić information content (AvgIpc) is 3.29. The molecule has 0 unspecified atom stereocenters. The topological polar surface area (TPSA) is 117 Å². The van der Waals surface area contributed by atoms with Crippen molar-refractivity contribution >= 4 is 38.1 Å². The maximum absolute atomic E-state index is 14.7. The number of likely N-dealkylation sites (N-methyl/N-ethyl adjacent to an activating group) is 1. The van der Waals surface area contributed by atoms with Gasteiger partial charge in [-0.2, -0.15) is 4.37 Å². The molecule has 2 aromatic carbocycles. The van der Waals surface area contributed by atoms with Crippen molar-refractivity contribution in [1.29, 1.82) is 0 Å². The van der Waals surface area contributed by atoms with E-state index in [2.05, 4.69) is 30.0 Å². The monoisotopic (exact) mass is 498 g/mol. The van der Waals surface area contributed by atoms with E-state index in [0.717, 1.165) is 48.3 Å². The van der Waals surface area contributed by atoms with Crippen LogP contribution in [-0.2, 0) is 16.6 Å². The summed E-state index contributed by atoms with van der Waals surface area (Å²) in [6, 6.07) is 6.82. The van der Waals surface area contributed by atoms with Crippen molar-refractivity contribution in [3.63, 3.8) is 0 Å². The van der Waals surface area contributed by atoms with E-state index in [4.69, 9.17) is 4.74 Å². The van der Waals surface area contributed by atoms with Crippen molar-refractivity contribution in [2.75, 3.05) is 42.1 Å². The first-order chi connectivity index (χ1) is 15.8. The molecule has 0 fully saturated rings. The number of hydrogen-bond donors (Lipinski definition) is 4. The van der Waals surface area contributed by atoms with Gasteiger partial charge in [-0.3, -0.25) is 4.72 Å². The molecule has 1 aromatic heterocycles. The first kappa shape index (κ1) is 24.6. The number of aromatic nitrogens is 2. The summed E-state index contributed by atoms with van der Waals surface area (Å²) in [5.74, 6) is -1.36. The van der Waals surface area contributed by atoms with E-state index < -0.39 is 26.6 Å². The quantitative estimate of drug-likeness (QED) is 0.281. The zero-order chi connectivity index (χ0) is 23.8. The minimum atomic E-state index is -4.36. The molecule has 0 bridgehead atoms. The third-order valence-corrected chi connectivity index (χ3v) is 6.61. The predicted molar refractivity (Wildman–Crippen MR) is 124 cm³/mol. The Morgan fingerprint density at radius 3 is 2.58 bits per heavy atom. The Hall–Kier alpha value is -3.03. The van der Waals surface area contributed by atoms with Crippen LogP contribution in [-0.4, -0.2) is 44.5 Å². The molecule has 0 amide bonds. The van der Waals surface area contributed by atoms with Crippen LogP contribution in [0.5, 0.6) is 5.75 Å². The molecule has 3 aromatic rings. The van der Waals surface area contributed by atoms with Crippen molar-refractivity contribution in [3.8, 4) is 5.75 Å². The normalized spacial score (nSPS) is 11.3. The fourth-order valence-corrected chi connectivity index (χ4v) is 4.65. The molecule has 13 heteroatoms. The van der Waals surface area contributed by atoms with E-state index in [-0.39, 0.29) is 17.4 Å². The number of rotatable bonds is 12. The summed E-state index contributed by atoms with van der Waals surface area (Å²) in [5, 5.41) is 9.27. The highest BCUT2D eigenvalue weighted by Crippen LogP contribution is 2.27. The van der Waals surface area contributed by atoms with E-state index in [0.29, 0.717) is 18.4 Å². The van der Waals surface area contributed by atoms with Crippen LogP contribution in [0.15, 0.2) is 41.6 Å². The van der Waals surface area contributed by atoms with Gasteiger partial charge in [-0.1, -0.05) is 13.0 Å². The van der Waals surface area contributed by atoms with E-state index in [1.54, 1.807) is 19.2 Å². The van der Waals surface area contributed by atoms with E-state index >= 15 is 0 Å². The summed E-state index contributed by atoms with van der Waals surface area (Å²) < 4.78 is 65.0. The van der Waals surface area contributed by atoms with Gasteiger partial charge >= 0.3 is 0 Å². The maximum atomic E-state index is 14.7. The van der Waals surface area contributed by atoms with Gasteiger partial charge in [0, 0.05) is 49.0 Å². The number of sulfonamides is 1. The van der Waals surface area contributed by atoms with Crippen LogP contribution in [0.1, 0.15) is 12.5 Å². The molecule has 33 heavy (non-hydrogen) atoms. The van der Waals surface area contributed by atoms with Crippen LogP contribution in [0, 0.1) is 11.6 Å². The first-order valence-corrected chi connectivity index (χ1v) is 12.2. The summed E-state index contributed by atoms with van der Waals surface area (Å²) in [6.07, 6.45) is 1.15. The Kier molecular flexibility index (Phi) is 8.36. The lowest BCUT2D eigenvalue weighted by atomic mass is 10.1. The highest BCUT2D eigenvalue weighted by Gasteiger charge is 2.23. The van der Waals surface area contributed by atoms with E-state index in [9.17, 15) is 17.2 Å². The smallest absolute Gasteiger partial charge is 0.266 e. The van der Waals surface area contributed by atoms with Crippen molar-refractivity contribution < 1.29 is 21.9 Å². The zero-order valence-corrected chi connectivity index (χ0v) is 19.6. The Bertz CT molecular complexity index is 1180. The van der Waals surface area contributed by atoms with Crippen molar-refractivity contribution in [3.05, 3.63) is 53.9 Å². The molecular formula is C20H24F2N6O3S2. The highest BCUT2D eigenvalue weighted by molar-refractivity contribution is 7.93. The molecule has 9 nitrogen and oxygen atoms in total. The van der Waals surface area contributed by atoms with E-state index in [1.807, 2.05) is 13.0 Å². The fraction of sp³-hybridized carbons (Fsp3) is 0.300. The lowest BCUT2D eigenvalue weighted by molar-refractivity contribution is 0.415. The molecule has 1 heterocycles. The Morgan fingerprint density at radius 1 is 1.06 bits per heavy atom. The molecule has 3 rings (SSSR count). The maximum Gasteiger partial charge on any atom is 0.266 e. The summed E-state index contributed by atoms with van der Waals surface area (Å²) in [6.45, 7) is 4.43. The van der Waals surface area contributed by atoms with Crippen LogP contribution in [0.25, 0.3) is 0 Å². The van der Waals surface area contributed by atoms with Crippen LogP contribution in [0.2, 0.25) is 0 Å². The first-order valence-electron chi connectivity index (χ1n) is 9.98. The summed E-state index contributed by atoms with van der Waals surface area (Å²) in [4.78, 5) is 2.86. The molecule has 0 radical (unpaired) electrons. The van der Waals surface area contributed by atoms with Gasteiger partial charge in [-0.15, -0.1) is 0 Å². The molecule has 4 N–H and O–H groups in total. The number of hydrogen-bond acceptors (Lipinski definition) is 9. The number of anilines is 3. The molecule has 0 saturated heterocycles. The minimum absolute atomic E-state index is 0.0503. The Labute approximate surface area is 194 Å². The standard InChI is InChI=1S/C20H24F2N6O3S2/c1-3-23-6-7-24-17-8-14(31-2)5-4-13(17)11-25-18-9-16(22)19(10-15(18)21)33(29,30)28-20-26-12-27-32-20/h4-5,8-10,12,23-25H,3,6-7,11H2,1-2H3,(H,26,27,28). The van der Waals surface area contributed by atoms with Crippen molar-refractivity contribution in [1.82, 2.24) is 14.7 Å². The van der Waals surface area contributed by atoms with Gasteiger partial charge in [0.2, 0.25) is 5.13 Å². The SMILES string of the molecule is CCNCCNc1cc(OC)ccc1CNc1cc(F)c(S(=O)(=O)Nc2ncns2)cc1F. The summed E-state index contributed by atoms with van der Waals surface area (Å²) in [5.41, 5.74) is 1.40. The highest BCUT2D eigenvalue weighted by atomic mass is 32.2. The van der Waals surface area contributed by atoms with Crippen LogP contribution < -0.4 is 25.4 Å². The third-order valence-electron chi connectivity index (χ3n) is 4.55. The van der Waals surface area contributed by atoms with Crippen molar-refractivity contribution in [2.45, 2.75) is 18.4 Å². The number of methoxy groups -OCH3 is 1. The third kappa shape index (κ3) is 6.49. The number of benzene rings is 2. The van der Waals surface area contributed by atoms with E-state index in [1.165, 1.54) is 0 Å². The average molecular weight is 499 g/mol. The van der Waals surface area contributed by atoms with Gasteiger partial charge < -0.3 is 20.7 Å². The minimum Gasteiger partial charge on any atom is -0.497 e. The molecule has 178 valence electrons. The summed E-state index contributed by atoms with van der Waals surface area (Å²) in [7, 11) is -2.81. The lowest BCUT2D eigenvalue weighted by Crippen LogP contribution is -2.22. The Balaban J connectivity index is 1.76. The molecular weight excluding hydrogens is 474 g/mol. The van der Waals surface area contributed by atoms with Gasteiger partial charge in [-0.25, -0.2) is 22.2 Å². The van der Waals surface area contributed by atoms with Crippen molar-refractivity contribution in [2.24, 2.45) is 0 Å². The largest absolute Gasteiger partial charge is 0.497 e. The number of halogens is 2. The zero-order valence-electron chi connectivity index (χ0n) is 18.0. The molecule has 0 aliphatic carbocycles. The van der Waals surface area contributed by atoms with Gasteiger partial charge in [-0.05, 0) is 24.2 Å². The van der Waals surface area contributed by atoms with Crippen LogP contribution in [0.3, 0.4) is 0 Å². The Morgan fingerprint density at radius 2 is 1.88 bits per heavy atom. The van der Waals surface area contributed by atoms with Gasteiger partial charge in [0.25, 0.3) is 10.0 Å². The molecule has 0 aliphatic heterocycles. The van der Waals surface area contributed by atoms with Gasteiger partial charge in [0.05, 0.1) is 12.8 Å². The fourth-order valence-electron chi connectivity index (χ4n) is 2.91. The second-order valence-corrected chi connectivity index (χ2v) is 9.20. The number of ether oxygens (including phenoxy) is 1. The second kappa shape index (κ2) is 11.2. The van der Waals surface area contributed by atoms with Gasteiger partial charge in [0.1, 0.15) is 28.6 Å². The molecule has 0 atom stereocenters. The second-order valence-electron chi connectivity index (χ2n) is 6.77. The van der Waals surface area contributed by atoms with Gasteiger partial charge in [0.15, 0.2) is 0 Å². The molecule has 0 aliphatic rings. The summed E-state index contributed by atoms with van der Waals surface area (Å²) >= 11 is 0.777. The predicted octanol–water partition coefficient (Wildman–Crippen LogP) is 3.26. The lowest BCUT2D eigenvalue weighted by Gasteiger charge is -2.16. The molecule has 0 saturated carbocycles. The number of nitrogens with one attached hydrogen (secondary N) is 4.